The fraction of sp³-hybridized carbons (Fsp3) is 0.312. The van der Waals surface area contributed by atoms with E-state index in [-0.39, 0.29) is 17.9 Å². The number of carbonyl (C=O) groups excluding carboxylic acids is 2. The molecule has 1 aliphatic rings. The second-order valence-corrected chi connectivity index (χ2v) is 6.70. The van der Waals surface area contributed by atoms with Crippen molar-refractivity contribution in [1.82, 2.24) is 15.2 Å². The van der Waals surface area contributed by atoms with Crippen LogP contribution in [0.2, 0.25) is 5.02 Å². The third-order valence-electron chi connectivity index (χ3n) is 3.87. The lowest BCUT2D eigenvalue weighted by Crippen LogP contribution is -2.46. The largest absolute Gasteiger partial charge is 0.348 e. The van der Waals surface area contributed by atoms with Crippen molar-refractivity contribution in [2.24, 2.45) is 0 Å². The fourth-order valence-electron chi connectivity index (χ4n) is 2.61. The van der Waals surface area contributed by atoms with Gasteiger partial charge < -0.3 is 10.2 Å². The van der Waals surface area contributed by atoms with Gasteiger partial charge in [0.15, 0.2) is 0 Å². The van der Waals surface area contributed by atoms with Crippen molar-refractivity contribution < 1.29 is 9.59 Å². The van der Waals surface area contributed by atoms with E-state index in [9.17, 15) is 9.59 Å². The minimum Gasteiger partial charge on any atom is -0.348 e. The van der Waals surface area contributed by atoms with Gasteiger partial charge in [0.1, 0.15) is 4.88 Å². The molecule has 2 aromatic rings. The average Bonchev–Trinajstić information content (AvgIpc) is 3.02. The number of hydrogen-bond donors (Lipinski definition) is 1. The van der Waals surface area contributed by atoms with Crippen molar-refractivity contribution in [1.29, 1.82) is 0 Å². The van der Waals surface area contributed by atoms with Crippen LogP contribution in [0.4, 0.5) is 0 Å². The Labute approximate surface area is 143 Å². The van der Waals surface area contributed by atoms with Gasteiger partial charge in [-0.05, 0) is 36.4 Å². The molecule has 3 heterocycles. The van der Waals surface area contributed by atoms with Crippen LogP contribution < -0.4 is 5.32 Å². The Balaban J connectivity index is 1.54. The zero-order valence-corrected chi connectivity index (χ0v) is 13.9. The van der Waals surface area contributed by atoms with E-state index >= 15 is 0 Å². The Morgan fingerprint density at radius 1 is 1.22 bits per heavy atom. The van der Waals surface area contributed by atoms with Crippen LogP contribution in [0.5, 0.6) is 0 Å². The highest BCUT2D eigenvalue weighted by molar-refractivity contribution is 7.12. The number of piperidine rings is 1. The second kappa shape index (κ2) is 7.10. The van der Waals surface area contributed by atoms with Crippen LogP contribution in [0.15, 0.2) is 36.0 Å². The number of nitrogens with one attached hydrogen (secondary N) is 1. The summed E-state index contributed by atoms with van der Waals surface area (Å²) in [6.07, 6.45) is 4.72. The summed E-state index contributed by atoms with van der Waals surface area (Å²) in [6.45, 7) is 1.26. The molecule has 2 aromatic heterocycles. The van der Waals surface area contributed by atoms with Gasteiger partial charge in [-0.1, -0.05) is 11.6 Å². The molecule has 0 unspecified atom stereocenters. The van der Waals surface area contributed by atoms with Crippen molar-refractivity contribution in [2.75, 3.05) is 13.1 Å². The third kappa shape index (κ3) is 3.71. The summed E-state index contributed by atoms with van der Waals surface area (Å²) >= 11 is 7.31. The molecule has 5 nitrogen and oxygen atoms in total. The lowest BCUT2D eigenvalue weighted by Gasteiger charge is -2.32. The summed E-state index contributed by atoms with van der Waals surface area (Å²) in [5, 5.41) is 5.28. The summed E-state index contributed by atoms with van der Waals surface area (Å²) in [7, 11) is 0. The zero-order valence-electron chi connectivity index (χ0n) is 12.4. The summed E-state index contributed by atoms with van der Waals surface area (Å²) < 4.78 is 0. The molecular formula is C16H16ClN3O2S. The second-order valence-electron chi connectivity index (χ2n) is 5.37. The molecule has 1 saturated heterocycles. The molecule has 1 N–H and O–H groups in total. The lowest BCUT2D eigenvalue weighted by atomic mass is 10.0. The van der Waals surface area contributed by atoms with Crippen LogP contribution >= 0.6 is 22.9 Å². The average molecular weight is 350 g/mol. The Morgan fingerprint density at radius 2 is 1.91 bits per heavy atom. The molecule has 2 amide bonds. The summed E-state index contributed by atoms with van der Waals surface area (Å²) in [4.78, 5) is 30.8. The molecule has 0 saturated carbocycles. The van der Waals surface area contributed by atoms with Gasteiger partial charge >= 0.3 is 0 Å². The van der Waals surface area contributed by atoms with Gasteiger partial charge in [0.25, 0.3) is 11.8 Å². The van der Waals surface area contributed by atoms with E-state index < -0.39 is 0 Å². The predicted octanol–water partition coefficient (Wildman–Crippen LogP) is 2.83. The highest BCUT2D eigenvalue weighted by Gasteiger charge is 2.25. The molecule has 3 rings (SSSR count). The molecular weight excluding hydrogens is 334 g/mol. The van der Waals surface area contributed by atoms with Crippen LogP contribution in [0.1, 0.15) is 32.9 Å². The maximum Gasteiger partial charge on any atom is 0.263 e. The van der Waals surface area contributed by atoms with Crippen LogP contribution in [-0.2, 0) is 0 Å². The number of thiophene rings is 1. The fourth-order valence-corrected chi connectivity index (χ4v) is 3.65. The van der Waals surface area contributed by atoms with Gasteiger partial charge in [0, 0.05) is 37.1 Å². The van der Waals surface area contributed by atoms with E-state index in [4.69, 9.17) is 11.6 Å². The van der Waals surface area contributed by atoms with Gasteiger partial charge in [0.2, 0.25) is 0 Å². The molecule has 1 aliphatic heterocycles. The normalized spacial score (nSPS) is 15.4. The molecule has 120 valence electrons. The first kappa shape index (κ1) is 16.0. The number of amides is 2. The van der Waals surface area contributed by atoms with Crippen molar-refractivity contribution >= 4 is 34.8 Å². The molecule has 0 aliphatic carbocycles. The van der Waals surface area contributed by atoms with Gasteiger partial charge in [0.05, 0.1) is 5.02 Å². The van der Waals surface area contributed by atoms with Gasteiger partial charge in [-0.15, -0.1) is 11.3 Å². The van der Waals surface area contributed by atoms with E-state index in [2.05, 4.69) is 10.3 Å². The van der Waals surface area contributed by atoms with E-state index in [1.165, 1.54) is 11.3 Å². The Bertz CT molecular complexity index is 696. The maximum absolute atomic E-state index is 12.4. The monoisotopic (exact) mass is 349 g/mol. The number of pyridine rings is 1. The Kier molecular flexibility index (Phi) is 4.93. The Hall–Kier alpha value is -1.92. The summed E-state index contributed by atoms with van der Waals surface area (Å²) in [5.74, 6) is -0.123. The van der Waals surface area contributed by atoms with Crippen molar-refractivity contribution in [2.45, 2.75) is 18.9 Å². The first-order valence-corrected chi connectivity index (χ1v) is 8.64. The first-order chi connectivity index (χ1) is 11.1. The topological polar surface area (TPSA) is 62.3 Å². The van der Waals surface area contributed by atoms with Gasteiger partial charge in [-0.3, -0.25) is 14.6 Å². The minimum absolute atomic E-state index is 0.0125. The number of nitrogens with zero attached hydrogens (tertiary/aromatic N) is 2. The van der Waals surface area contributed by atoms with Gasteiger partial charge in [-0.25, -0.2) is 0 Å². The zero-order chi connectivity index (χ0) is 16.2. The first-order valence-electron chi connectivity index (χ1n) is 7.38. The smallest absolute Gasteiger partial charge is 0.263 e. The quantitative estimate of drug-likeness (QED) is 0.926. The molecule has 0 radical (unpaired) electrons. The highest BCUT2D eigenvalue weighted by atomic mass is 35.5. The molecule has 0 atom stereocenters. The van der Waals surface area contributed by atoms with Crippen LogP contribution in [0.25, 0.3) is 0 Å². The SMILES string of the molecule is O=C(NC1CCN(C(=O)c2ccncc2)CC1)c1sccc1Cl. The summed E-state index contributed by atoms with van der Waals surface area (Å²) in [5.41, 5.74) is 0.646. The van der Waals surface area contributed by atoms with E-state index in [0.29, 0.717) is 28.6 Å². The number of aromatic nitrogens is 1. The predicted molar refractivity (Wildman–Crippen MR) is 90.0 cm³/mol. The third-order valence-corrected chi connectivity index (χ3v) is 5.21. The summed E-state index contributed by atoms with van der Waals surface area (Å²) in [6, 6.07) is 5.23. The van der Waals surface area contributed by atoms with E-state index in [1.807, 2.05) is 4.90 Å². The van der Waals surface area contributed by atoms with Crippen LogP contribution in [0.3, 0.4) is 0 Å². The molecule has 0 bridgehead atoms. The maximum atomic E-state index is 12.4. The Morgan fingerprint density at radius 3 is 2.52 bits per heavy atom. The van der Waals surface area contributed by atoms with Crippen molar-refractivity contribution in [3.05, 3.63) is 51.4 Å². The van der Waals surface area contributed by atoms with Crippen LogP contribution in [0, 0.1) is 0 Å². The molecule has 7 heteroatoms. The van der Waals surface area contributed by atoms with E-state index in [1.54, 1.807) is 36.0 Å². The molecule has 23 heavy (non-hydrogen) atoms. The highest BCUT2D eigenvalue weighted by Crippen LogP contribution is 2.22. The molecule has 0 aromatic carbocycles. The number of rotatable bonds is 3. The molecule has 1 fully saturated rings. The van der Waals surface area contributed by atoms with Crippen molar-refractivity contribution in [3.63, 3.8) is 0 Å². The number of halogens is 1. The molecule has 0 spiro atoms. The minimum atomic E-state index is -0.135. The van der Waals surface area contributed by atoms with Gasteiger partial charge in [-0.2, -0.15) is 0 Å². The number of carbonyl (C=O) groups is 2. The standard InChI is InChI=1S/C16H16ClN3O2S/c17-13-5-10-23-14(13)15(21)19-12-3-8-20(9-4-12)16(22)11-1-6-18-7-2-11/h1-2,5-7,10,12H,3-4,8-9H2,(H,19,21). The number of hydrogen-bond acceptors (Lipinski definition) is 4. The van der Waals surface area contributed by atoms with E-state index in [0.717, 1.165) is 12.8 Å². The number of likely N-dealkylation sites (tertiary alicyclic amines) is 1. The van der Waals surface area contributed by atoms with Crippen LogP contribution in [-0.4, -0.2) is 40.8 Å². The lowest BCUT2D eigenvalue weighted by molar-refractivity contribution is 0.0698. The van der Waals surface area contributed by atoms with Crippen molar-refractivity contribution in [3.8, 4) is 0 Å².